The predicted octanol–water partition coefficient (Wildman–Crippen LogP) is 0.925. The van der Waals surface area contributed by atoms with Gasteiger partial charge < -0.3 is 15.2 Å². The zero-order valence-electron chi connectivity index (χ0n) is 7.43. The lowest BCUT2D eigenvalue weighted by molar-refractivity contribution is -0.389. The topological polar surface area (TPSA) is 93.3 Å². The number of carboxylic acid groups (broad SMARTS) is 1. The summed E-state index contributed by atoms with van der Waals surface area (Å²) in [5, 5.41) is 18.9. The maximum Gasteiger partial charge on any atom is 0.363 e. The first kappa shape index (κ1) is 10.1. The van der Waals surface area contributed by atoms with Crippen LogP contribution in [0.2, 0.25) is 0 Å². The second-order valence-electron chi connectivity index (χ2n) is 2.82. The molecule has 0 aliphatic carbocycles. The Kier molecular flexibility index (Phi) is 2.76. The van der Waals surface area contributed by atoms with Crippen LogP contribution in [0.15, 0.2) is 12.1 Å². The molecule has 0 radical (unpaired) electrons. The largest absolute Gasteiger partial charge is 0.481 e. The smallest absolute Gasteiger partial charge is 0.363 e. The van der Waals surface area contributed by atoms with Crippen LogP contribution < -0.4 is 0 Å². The average Bonchev–Trinajstić information content (AvgIpc) is 2.01. The number of carbonyl (C=O) groups is 1. The molecule has 1 N–H and O–H groups in total. The van der Waals surface area contributed by atoms with Crippen molar-refractivity contribution in [2.24, 2.45) is 0 Å². The summed E-state index contributed by atoms with van der Waals surface area (Å²) in [6, 6.07) is 2.81. The number of aromatic nitrogens is 1. The molecule has 6 heteroatoms. The highest BCUT2D eigenvalue weighted by molar-refractivity contribution is 5.69. The molecule has 0 spiro atoms. The monoisotopic (exact) mass is 196 g/mol. The van der Waals surface area contributed by atoms with Crippen LogP contribution in [0, 0.1) is 17.0 Å². The summed E-state index contributed by atoms with van der Waals surface area (Å²) in [5.74, 6) is -1.38. The van der Waals surface area contributed by atoms with Gasteiger partial charge in [0.05, 0.1) is 0 Å². The molecular weight excluding hydrogens is 188 g/mol. The van der Waals surface area contributed by atoms with E-state index in [2.05, 4.69) is 4.98 Å². The van der Waals surface area contributed by atoms with Gasteiger partial charge in [-0.05, 0) is 28.5 Å². The zero-order chi connectivity index (χ0) is 10.7. The molecule has 0 fully saturated rings. The lowest BCUT2D eigenvalue weighted by Gasteiger charge is -1.96. The van der Waals surface area contributed by atoms with Crippen molar-refractivity contribution in [3.05, 3.63) is 33.5 Å². The summed E-state index contributed by atoms with van der Waals surface area (Å²) in [4.78, 5) is 23.7. The van der Waals surface area contributed by atoms with Gasteiger partial charge in [0.25, 0.3) is 0 Å². The van der Waals surface area contributed by atoms with E-state index >= 15 is 0 Å². The number of carboxylic acids is 1. The molecule has 0 atom stereocenters. The predicted molar refractivity (Wildman–Crippen MR) is 47.0 cm³/mol. The molecule has 0 aromatic carbocycles. The fourth-order valence-corrected chi connectivity index (χ4v) is 1.06. The second-order valence-corrected chi connectivity index (χ2v) is 2.82. The van der Waals surface area contributed by atoms with Gasteiger partial charge in [-0.1, -0.05) is 0 Å². The van der Waals surface area contributed by atoms with E-state index in [9.17, 15) is 14.9 Å². The molecule has 0 bridgehead atoms. The number of nitrogens with zero attached hydrogens (tertiary/aromatic N) is 2. The van der Waals surface area contributed by atoms with Crippen molar-refractivity contribution in [3.63, 3.8) is 0 Å². The first-order valence-electron chi connectivity index (χ1n) is 3.83. The number of nitro groups is 1. The summed E-state index contributed by atoms with van der Waals surface area (Å²) in [6.45, 7) is 1.65. The van der Waals surface area contributed by atoms with Crippen LogP contribution in [-0.4, -0.2) is 21.0 Å². The summed E-state index contributed by atoms with van der Waals surface area (Å²) in [5.41, 5.74) is 0.826. The quantitative estimate of drug-likeness (QED) is 0.573. The zero-order valence-corrected chi connectivity index (χ0v) is 7.43. The minimum Gasteiger partial charge on any atom is -0.481 e. The number of aliphatic carboxylic acids is 1. The third kappa shape index (κ3) is 2.51. The number of hydrogen-bond acceptors (Lipinski definition) is 4. The van der Waals surface area contributed by atoms with Crippen molar-refractivity contribution in [1.82, 2.24) is 4.98 Å². The molecule has 74 valence electrons. The van der Waals surface area contributed by atoms with Crippen LogP contribution in [0.4, 0.5) is 5.82 Å². The van der Waals surface area contributed by atoms with E-state index < -0.39 is 10.9 Å². The van der Waals surface area contributed by atoms with Crippen molar-refractivity contribution in [1.29, 1.82) is 0 Å². The highest BCUT2D eigenvalue weighted by Crippen LogP contribution is 2.12. The van der Waals surface area contributed by atoms with Crippen LogP contribution in [0.5, 0.6) is 0 Å². The van der Waals surface area contributed by atoms with Crippen LogP contribution in [0.3, 0.4) is 0 Å². The van der Waals surface area contributed by atoms with Gasteiger partial charge in [-0.25, -0.2) is 0 Å². The van der Waals surface area contributed by atoms with E-state index in [0.717, 1.165) is 0 Å². The molecule has 0 aliphatic rings. The highest BCUT2D eigenvalue weighted by Gasteiger charge is 2.13. The molecule has 0 unspecified atom stereocenters. The third-order valence-corrected chi connectivity index (χ3v) is 1.53. The molecule has 1 aromatic rings. The molecule has 1 rings (SSSR count). The molecular formula is C8H8N2O4. The van der Waals surface area contributed by atoms with E-state index in [4.69, 9.17) is 5.11 Å². The number of aryl methyl sites for hydroxylation is 1. The van der Waals surface area contributed by atoms with Crippen LogP contribution >= 0.6 is 0 Å². The van der Waals surface area contributed by atoms with Gasteiger partial charge in [0.2, 0.25) is 0 Å². The Balaban J connectivity index is 3.07. The van der Waals surface area contributed by atoms with Crippen molar-refractivity contribution >= 4 is 11.8 Å². The molecule has 1 aromatic heterocycles. The molecule has 14 heavy (non-hydrogen) atoms. The van der Waals surface area contributed by atoms with E-state index in [1.165, 1.54) is 12.1 Å². The van der Waals surface area contributed by atoms with E-state index in [0.29, 0.717) is 5.56 Å². The molecule has 1 heterocycles. The fourth-order valence-electron chi connectivity index (χ4n) is 1.06. The summed E-state index contributed by atoms with van der Waals surface area (Å²) in [7, 11) is 0. The number of pyridine rings is 1. The van der Waals surface area contributed by atoms with Crippen molar-refractivity contribution < 1.29 is 14.8 Å². The normalized spacial score (nSPS) is 9.79. The molecule has 6 nitrogen and oxygen atoms in total. The lowest BCUT2D eigenvalue weighted by atomic mass is 10.2. The summed E-state index contributed by atoms with van der Waals surface area (Å²) < 4.78 is 0. The van der Waals surface area contributed by atoms with Gasteiger partial charge in [-0.2, -0.15) is 0 Å². The van der Waals surface area contributed by atoms with Crippen molar-refractivity contribution in [3.8, 4) is 0 Å². The molecule has 0 saturated carbocycles. The highest BCUT2D eigenvalue weighted by atomic mass is 16.6. The first-order valence-corrected chi connectivity index (χ1v) is 3.83. The average molecular weight is 196 g/mol. The maximum absolute atomic E-state index is 10.4. The van der Waals surface area contributed by atoms with Crippen LogP contribution in [-0.2, 0) is 11.2 Å². The van der Waals surface area contributed by atoms with Gasteiger partial charge in [0.15, 0.2) is 5.69 Å². The Labute approximate surface area is 79.4 Å². The standard InChI is InChI=1S/C8H8N2O4/c1-5-2-6(4-8(11)12)9-7(3-5)10(13)14/h2-3H,4H2,1H3,(H,11,12). The van der Waals surface area contributed by atoms with Crippen LogP contribution in [0.1, 0.15) is 11.3 Å². The number of rotatable bonds is 3. The van der Waals surface area contributed by atoms with Crippen molar-refractivity contribution in [2.75, 3.05) is 0 Å². The Hall–Kier alpha value is -1.98. The van der Waals surface area contributed by atoms with E-state index in [-0.39, 0.29) is 17.9 Å². The molecule has 0 amide bonds. The second kappa shape index (κ2) is 3.82. The number of hydrogen-bond donors (Lipinski definition) is 1. The minimum absolute atomic E-state index is 0.198. The van der Waals surface area contributed by atoms with Gasteiger partial charge in [0, 0.05) is 6.07 Å². The molecule has 0 saturated heterocycles. The lowest BCUT2D eigenvalue weighted by Crippen LogP contribution is -2.04. The maximum atomic E-state index is 10.4. The van der Waals surface area contributed by atoms with Crippen molar-refractivity contribution in [2.45, 2.75) is 13.3 Å². The SMILES string of the molecule is Cc1cc(CC(=O)O)nc([N+](=O)[O-])c1. The molecule has 0 aliphatic heterocycles. The summed E-state index contributed by atoms with van der Waals surface area (Å²) >= 11 is 0. The van der Waals surface area contributed by atoms with Gasteiger partial charge >= 0.3 is 11.8 Å². The third-order valence-electron chi connectivity index (χ3n) is 1.53. The van der Waals surface area contributed by atoms with Gasteiger partial charge in [0.1, 0.15) is 6.42 Å². The first-order chi connectivity index (χ1) is 6.49. The Bertz CT molecular complexity index is 389. The Morgan fingerprint density at radius 1 is 1.64 bits per heavy atom. The van der Waals surface area contributed by atoms with Gasteiger partial charge in [-0.15, -0.1) is 0 Å². The Morgan fingerprint density at radius 2 is 2.29 bits per heavy atom. The minimum atomic E-state index is -1.06. The van der Waals surface area contributed by atoms with Crippen LogP contribution in [0.25, 0.3) is 0 Å². The van der Waals surface area contributed by atoms with Gasteiger partial charge in [-0.3, -0.25) is 4.79 Å². The van der Waals surface area contributed by atoms with E-state index in [1.807, 2.05) is 0 Å². The fraction of sp³-hybridized carbons (Fsp3) is 0.250. The van der Waals surface area contributed by atoms with E-state index in [1.54, 1.807) is 6.92 Å². The Morgan fingerprint density at radius 3 is 2.79 bits per heavy atom. The summed E-state index contributed by atoms with van der Waals surface area (Å²) in [6.07, 6.45) is -0.303.